The normalized spacial score (nSPS) is 8.50. The molecule has 10 heavy (non-hydrogen) atoms. The number of para-hydroxylation sites is 1. The number of nitrogens with zero attached hydrogens (tertiary/aromatic N) is 1. The second-order valence-electron chi connectivity index (χ2n) is 2.03. The fourth-order valence-corrected chi connectivity index (χ4v) is 0.893. The van der Waals surface area contributed by atoms with E-state index in [0.717, 1.165) is 0 Å². The molecule has 0 spiro atoms. The van der Waals surface area contributed by atoms with Crippen LogP contribution in [0.3, 0.4) is 0 Å². The predicted molar refractivity (Wildman–Crippen MR) is 46.0 cm³/mol. The average Bonchev–Trinajstić information content (AvgIpc) is 1.90. The van der Waals surface area contributed by atoms with Crippen LogP contribution in [0.5, 0.6) is 0 Å². The third-order valence-electron chi connectivity index (χ3n) is 1.20. The first-order valence-electron chi connectivity index (χ1n) is 2.90. The molecule has 56 valence electrons. The Bertz CT molecular complexity index is 176. The lowest BCUT2D eigenvalue weighted by Crippen LogP contribution is -3.00. The van der Waals surface area contributed by atoms with Crippen LogP contribution in [0.15, 0.2) is 30.3 Å². The maximum Gasteiger partial charge on any atom is 0.0720 e. The number of rotatable bonds is 1. The molecule has 0 heterocycles. The summed E-state index contributed by atoms with van der Waals surface area (Å²) in [5, 5.41) is 0. The first kappa shape index (κ1) is 10.2. The Kier molecular flexibility index (Phi) is 5.00. The van der Waals surface area contributed by atoms with Gasteiger partial charge in [-0.3, -0.25) is 4.67 Å². The van der Waals surface area contributed by atoms with Crippen molar-refractivity contribution in [3.8, 4) is 0 Å². The largest absolute Gasteiger partial charge is 1.00 e. The van der Waals surface area contributed by atoms with E-state index in [2.05, 4.69) is 16.8 Å². The van der Waals surface area contributed by atoms with Crippen LogP contribution in [0.2, 0.25) is 0 Å². The zero-order chi connectivity index (χ0) is 6.69. The number of halogens is 1. The van der Waals surface area contributed by atoms with Crippen LogP contribution in [0.4, 0.5) is 5.69 Å². The average molecular weight is 267 g/mol. The number of anilines is 1. The zero-order valence-electron chi connectivity index (χ0n) is 5.92. The molecule has 0 saturated heterocycles. The summed E-state index contributed by atoms with van der Waals surface area (Å²) in [6.45, 7) is 0. The number of hydrogen-bond donors (Lipinski definition) is 0. The summed E-state index contributed by atoms with van der Waals surface area (Å²) >= 11 is 0. The number of hydrogen-bond acceptors (Lipinski definition) is 1. The van der Waals surface area contributed by atoms with Gasteiger partial charge in [0.1, 0.15) is 0 Å². The monoisotopic (exact) mass is 267 g/mol. The zero-order valence-corrected chi connectivity index (χ0v) is 9.49. The SMILES string of the molecule is CN([PH3+])c1ccccc1.[I-]. The minimum Gasteiger partial charge on any atom is -1.00 e. The van der Waals surface area contributed by atoms with E-state index in [1.165, 1.54) is 5.69 Å². The van der Waals surface area contributed by atoms with Crippen molar-refractivity contribution in [2.45, 2.75) is 0 Å². The van der Waals surface area contributed by atoms with Crippen LogP contribution in [-0.4, -0.2) is 7.05 Å². The summed E-state index contributed by atoms with van der Waals surface area (Å²) in [5.74, 6) is 0. The molecule has 0 amide bonds. The molecule has 1 atom stereocenters. The van der Waals surface area contributed by atoms with Gasteiger partial charge in [-0.15, -0.1) is 0 Å². The molecule has 0 bridgehead atoms. The Labute approximate surface area is 81.1 Å². The summed E-state index contributed by atoms with van der Waals surface area (Å²) in [7, 11) is 3.90. The van der Waals surface area contributed by atoms with Crippen molar-refractivity contribution in [3.05, 3.63) is 30.3 Å². The van der Waals surface area contributed by atoms with E-state index >= 15 is 0 Å². The highest BCUT2D eigenvalue weighted by Gasteiger charge is 1.92. The molecule has 1 unspecified atom stereocenters. The van der Waals surface area contributed by atoms with Crippen molar-refractivity contribution in [3.63, 3.8) is 0 Å². The van der Waals surface area contributed by atoms with Crippen molar-refractivity contribution >= 4 is 15.1 Å². The molecule has 1 aromatic rings. The highest BCUT2D eigenvalue weighted by Crippen LogP contribution is 2.13. The minimum atomic E-state index is 0. The Morgan fingerprint density at radius 1 is 1.20 bits per heavy atom. The highest BCUT2D eigenvalue weighted by molar-refractivity contribution is 7.19. The number of benzene rings is 1. The third-order valence-corrected chi connectivity index (χ3v) is 1.56. The smallest absolute Gasteiger partial charge is 0.0720 e. The van der Waals surface area contributed by atoms with Crippen LogP contribution < -0.4 is 28.6 Å². The predicted octanol–water partition coefficient (Wildman–Crippen LogP) is -1.35. The molecular formula is C7H11INP. The maximum absolute atomic E-state index is 2.11. The fraction of sp³-hybridized carbons (Fsp3) is 0.143. The molecule has 1 nitrogen and oxygen atoms in total. The van der Waals surface area contributed by atoms with Crippen molar-refractivity contribution in [2.24, 2.45) is 0 Å². The van der Waals surface area contributed by atoms with E-state index in [9.17, 15) is 0 Å². The molecule has 0 saturated carbocycles. The van der Waals surface area contributed by atoms with E-state index in [0.29, 0.717) is 0 Å². The fourth-order valence-electron chi connectivity index (χ4n) is 0.682. The van der Waals surface area contributed by atoms with Crippen LogP contribution in [0, 0.1) is 0 Å². The molecule has 0 N–H and O–H groups in total. The van der Waals surface area contributed by atoms with Gasteiger partial charge in [-0.25, -0.2) is 0 Å². The second kappa shape index (κ2) is 4.91. The van der Waals surface area contributed by atoms with Gasteiger partial charge in [-0.1, -0.05) is 18.2 Å². The molecule has 1 rings (SSSR count). The quantitative estimate of drug-likeness (QED) is 0.449. The van der Waals surface area contributed by atoms with Crippen LogP contribution >= 0.6 is 9.39 Å². The van der Waals surface area contributed by atoms with Gasteiger partial charge in [-0.2, -0.15) is 0 Å². The molecule has 0 radical (unpaired) electrons. The molecule has 3 heteroatoms. The molecule has 0 fully saturated rings. The van der Waals surface area contributed by atoms with Gasteiger partial charge < -0.3 is 24.0 Å². The molecule has 0 aromatic heterocycles. The van der Waals surface area contributed by atoms with Crippen LogP contribution in [-0.2, 0) is 0 Å². The van der Waals surface area contributed by atoms with E-state index in [1.807, 2.05) is 34.6 Å². The summed E-state index contributed by atoms with van der Waals surface area (Å²) in [4.78, 5) is 0. The summed E-state index contributed by atoms with van der Waals surface area (Å²) < 4.78 is 2.11. The summed E-state index contributed by atoms with van der Waals surface area (Å²) in [6, 6.07) is 10.3. The Morgan fingerprint density at radius 2 is 1.70 bits per heavy atom. The summed E-state index contributed by atoms with van der Waals surface area (Å²) in [5.41, 5.74) is 1.26. The molecule has 0 aliphatic rings. The first-order chi connectivity index (χ1) is 4.30. The Balaban J connectivity index is 0.000000810. The first-order valence-corrected chi connectivity index (χ1v) is 3.53. The van der Waals surface area contributed by atoms with Gasteiger partial charge in [0, 0.05) is 7.05 Å². The molecule has 1 aromatic carbocycles. The van der Waals surface area contributed by atoms with E-state index < -0.39 is 0 Å². The second-order valence-corrected chi connectivity index (χ2v) is 2.98. The van der Waals surface area contributed by atoms with Crippen molar-refractivity contribution < 1.29 is 24.0 Å². The highest BCUT2D eigenvalue weighted by atomic mass is 127. The Morgan fingerprint density at radius 3 is 2.00 bits per heavy atom. The van der Waals surface area contributed by atoms with Gasteiger partial charge in [0.05, 0.1) is 15.1 Å². The minimum absolute atomic E-state index is 0. The van der Waals surface area contributed by atoms with Gasteiger partial charge in [-0.05, 0) is 12.1 Å². The van der Waals surface area contributed by atoms with Crippen LogP contribution in [0.1, 0.15) is 0 Å². The topological polar surface area (TPSA) is 3.24 Å². The lowest BCUT2D eigenvalue weighted by Gasteiger charge is -2.04. The van der Waals surface area contributed by atoms with Crippen molar-refractivity contribution in [1.29, 1.82) is 0 Å². The van der Waals surface area contributed by atoms with Gasteiger partial charge >= 0.3 is 0 Å². The molecule has 0 aliphatic heterocycles. The van der Waals surface area contributed by atoms with Gasteiger partial charge in [0.25, 0.3) is 0 Å². The van der Waals surface area contributed by atoms with Gasteiger partial charge in [0.2, 0.25) is 0 Å². The van der Waals surface area contributed by atoms with Crippen molar-refractivity contribution in [1.82, 2.24) is 0 Å². The lowest BCUT2D eigenvalue weighted by molar-refractivity contribution is -0.00000174. The molecular weight excluding hydrogens is 256 g/mol. The van der Waals surface area contributed by atoms with E-state index in [4.69, 9.17) is 0 Å². The van der Waals surface area contributed by atoms with Gasteiger partial charge in [0.15, 0.2) is 0 Å². The van der Waals surface area contributed by atoms with Crippen LogP contribution in [0.25, 0.3) is 0 Å². The summed E-state index contributed by atoms with van der Waals surface area (Å²) in [6.07, 6.45) is 0. The molecule has 0 aliphatic carbocycles. The third kappa shape index (κ3) is 2.84. The standard InChI is InChI=1S/C7H10NP.HI/c1-8(9)7-5-3-2-4-6-7;/h2-6H,9H2,1H3;1H. The van der Waals surface area contributed by atoms with Crippen molar-refractivity contribution in [2.75, 3.05) is 11.7 Å². The maximum atomic E-state index is 2.11. The van der Waals surface area contributed by atoms with E-state index in [1.54, 1.807) is 0 Å². The lowest BCUT2D eigenvalue weighted by atomic mass is 10.3. The Hall–Kier alpha value is 0.180. The van der Waals surface area contributed by atoms with E-state index in [-0.39, 0.29) is 24.0 Å².